The van der Waals surface area contributed by atoms with E-state index in [4.69, 9.17) is 11.6 Å². The Bertz CT molecular complexity index is 823. The Labute approximate surface area is 147 Å². The average molecular weight is 367 g/mol. The summed E-state index contributed by atoms with van der Waals surface area (Å²) in [6, 6.07) is 13.6. The highest BCUT2D eigenvalue weighted by Gasteiger charge is 2.13. The molecule has 0 aromatic heterocycles. The quantitative estimate of drug-likeness (QED) is 0.847. The van der Waals surface area contributed by atoms with Gasteiger partial charge < -0.3 is 10.6 Å². The predicted molar refractivity (Wildman–Crippen MR) is 96.4 cm³/mol. The third kappa shape index (κ3) is 4.97. The van der Waals surface area contributed by atoms with E-state index in [1.165, 1.54) is 18.2 Å². The van der Waals surface area contributed by atoms with Gasteiger partial charge in [0.15, 0.2) is 9.84 Å². The normalized spacial score (nSPS) is 12.5. The molecule has 2 rings (SSSR count). The summed E-state index contributed by atoms with van der Waals surface area (Å²) in [7, 11) is -3.37. The van der Waals surface area contributed by atoms with Crippen LogP contribution in [-0.4, -0.2) is 27.2 Å². The average Bonchev–Trinajstić information content (AvgIpc) is 2.54. The van der Waals surface area contributed by atoms with E-state index in [0.29, 0.717) is 6.54 Å². The van der Waals surface area contributed by atoms with Gasteiger partial charge in [0.25, 0.3) is 0 Å². The molecule has 128 valence electrons. The molecule has 2 N–H and O–H groups in total. The second-order valence-electron chi connectivity index (χ2n) is 5.56. The molecular weight excluding hydrogens is 348 g/mol. The van der Waals surface area contributed by atoms with Gasteiger partial charge in [0.1, 0.15) is 0 Å². The molecule has 5 nitrogen and oxygen atoms in total. The SMILES string of the molecule is CC(CNC(=O)Nc1cc(S(C)(=O)=O)ccc1Cl)c1ccccc1. The zero-order valence-corrected chi connectivity index (χ0v) is 15.0. The Balaban J connectivity index is 2.00. The molecule has 0 saturated carbocycles. The van der Waals surface area contributed by atoms with Crippen LogP contribution in [0.15, 0.2) is 53.4 Å². The fourth-order valence-electron chi connectivity index (χ4n) is 2.14. The number of carbonyl (C=O) groups is 1. The zero-order valence-electron chi connectivity index (χ0n) is 13.4. The van der Waals surface area contributed by atoms with Crippen LogP contribution in [0.2, 0.25) is 5.02 Å². The topological polar surface area (TPSA) is 75.3 Å². The maximum atomic E-state index is 12.0. The summed E-state index contributed by atoms with van der Waals surface area (Å²) in [5, 5.41) is 5.61. The first kappa shape index (κ1) is 18.3. The van der Waals surface area contributed by atoms with Crippen LogP contribution in [0, 0.1) is 0 Å². The Hall–Kier alpha value is -2.05. The Morgan fingerprint density at radius 3 is 2.46 bits per heavy atom. The van der Waals surface area contributed by atoms with Crippen molar-refractivity contribution in [3.63, 3.8) is 0 Å². The molecule has 0 fully saturated rings. The molecule has 2 amide bonds. The summed E-state index contributed by atoms with van der Waals surface area (Å²) in [5.74, 6) is 0.148. The highest BCUT2D eigenvalue weighted by atomic mass is 35.5. The summed E-state index contributed by atoms with van der Waals surface area (Å²) in [4.78, 5) is 12.1. The lowest BCUT2D eigenvalue weighted by molar-refractivity contribution is 0.251. The van der Waals surface area contributed by atoms with E-state index in [0.717, 1.165) is 11.8 Å². The zero-order chi connectivity index (χ0) is 17.7. The number of rotatable bonds is 5. The molecule has 1 atom stereocenters. The van der Waals surface area contributed by atoms with Gasteiger partial charge in [-0.15, -0.1) is 0 Å². The van der Waals surface area contributed by atoms with Gasteiger partial charge in [0.2, 0.25) is 0 Å². The van der Waals surface area contributed by atoms with Gasteiger partial charge in [0, 0.05) is 12.8 Å². The number of hydrogen-bond acceptors (Lipinski definition) is 3. The van der Waals surface area contributed by atoms with Gasteiger partial charge >= 0.3 is 6.03 Å². The van der Waals surface area contributed by atoms with E-state index in [1.54, 1.807) is 0 Å². The summed E-state index contributed by atoms with van der Waals surface area (Å²) < 4.78 is 23.2. The molecule has 2 aromatic rings. The molecule has 0 radical (unpaired) electrons. The van der Waals surface area contributed by atoms with Gasteiger partial charge in [-0.25, -0.2) is 13.2 Å². The minimum atomic E-state index is -3.37. The van der Waals surface area contributed by atoms with Crippen molar-refractivity contribution < 1.29 is 13.2 Å². The minimum absolute atomic E-state index is 0.0971. The number of nitrogens with one attached hydrogen (secondary N) is 2. The summed E-state index contributed by atoms with van der Waals surface area (Å²) in [5.41, 5.74) is 1.37. The molecule has 0 heterocycles. The van der Waals surface area contributed by atoms with Crippen molar-refractivity contribution in [1.29, 1.82) is 0 Å². The highest BCUT2D eigenvalue weighted by Crippen LogP contribution is 2.25. The summed E-state index contributed by atoms with van der Waals surface area (Å²) in [6.45, 7) is 2.45. The fourth-order valence-corrected chi connectivity index (χ4v) is 2.95. The van der Waals surface area contributed by atoms with Gasteiger partial charge in [-0.1, -0.05) is 48.9 Å². The lowest BCUT2D eigenvalue weighted by atomic mass is 10.0. The molecule has 0 aliphatic rings. The van der Waals surface area contributed by atoms with Crippen molar-refractivity contribution in [2.45, 2.75) is 17.7 Å². The van der Waals surface area contributed by atoms with E-state index in [1.807, 2.05) is 37.3 Å². The monoisotopic (exact) mass is 366 g/mol. The van der Waals surface area contributed by atoms with Crippen LogP contribution in [0.5, 0.6) is 0 Å². The van der Waals surface area contributed by atoms with Crippen LogP contribution in [0.25, 0.3) is 0 Å². The second-order valence-corrected chi connectivity index (χ2v) is 7.98. The van der Waals surface area contributed by atoms with Gasteiger partial charge in [0.05, 0.1) is 15.6 Å². The standard InChI is InChI=1S/C17H19ClN2O3S/c1-12(13-6-4-3-5-7-13)11-19-17(21)20-16-10-14(24(2,22)23)8-9-15(16)18/h3-10,12H,11H2,1-2H3,(H2,19,20,21). The smallest absolute Gasteiger partial charge is 0.319 e. The molecule has 7 heteroatoms. The van der Waals surface area contributed by atoms with Crippen LogP contribution in [0.3, 0.4) is 0 Å². The first-order chi connectivity index (χ1) is 11.3. The largest absolute Gasteiger partial charge is 0.337 e. The van der Waals surface area contributed by atoms with Gasteiger partial charge in [-0.3, -0.25) is 0 Å². The Kier molecular flexibility index (Phi) is 5.85. The Morgan fingerprint density at radius 2 is 1.83 bits per heavy atom. The molecule has 0 spiro atoms. The molecular formula is C17H19ClN2O3S. The number of amides is 2. The first-order valence-corrected chi connectivity index (χ1v) is 9.63. The van der Waals surface area contributed by atoms with Crippen LogP contribution in [0.4, 0.5) is 10.5 Å². The molecule has 24 heavy (non-hydrogen) atoms. The van der Waals surface area contributed by atoms with E-state index < -0.39 is 15.9 Å². The predicted octanol–water partition coefficient (Wildman–Crippen LogP) is 3.67. The number of anilines is 1. The summed E-state index contributed by atoms with van der Waals surface area (Å²) in [6.07, 6.45) is 1.10. The van der Waals surface area contributed by atoms with Gasteiger partial charge in [-0.05, 0) is 29.7 Å². The van der Waals surface area contributed by atoms with Crippen LogP contribution in [-0.2, 0) is 9.84 Å². The number of halogens is 1. The fraction of sp³-hybridized carbons (Fsp3) is 0.235. The number of hydrogen-bond donors (Lipinski definition) is 2. The maximum Gasteiger partial charge on any atom is 0.319 e. The molecule has 0 bridgehead atoms. The molecule has 1 unspecified atom stereocenters. The van der Waals surface area contributed by atoms with Crippen LogP contribution >= 0.6 is 11.6 Å². The van der Waals surface area contributed by atoms with Crippen molar-refractivity contribution in [3.8, 4) is 0 Å². The highest BCUT2D eigenvalue weighted by molar-refractivity contribution is 7.90. The number of carbonyl (C=O) groups excluding carboxylic acids is 1. The van der Waals surface area contributed by atoms with Gasteiger partial charge in [-0.2, -0.15) is 0 Å². The minimum Gasteiger partial charge on any atom is -0.337 e. The lowest BCUT2D eigenvalue weighted by Gasteiger charge is -2.14. The molecule has 0 aliphatic heterocycles. The van der Waals surface area contributed by atoms with Crippen molar-refractivity contribution in [2.24, 2.45) is 0 Å². The second kappa shape index (κ2) is 7.68. The van der Waals surface area contributed by atoms with E-state index >= 15 is 0 Å². The number of sulfone groups is 1. The first-order valence-electron chi connectivity index (χ1n) is 7.37. The molecule has 0 aliphatic carbocycles. The maximum absolute atomic E-state index is 12.0. The summed E-state index contributed by atoms with van der Waals surface area (Å²) >= 11 is 6.01. The van der Waals surface area contributed by atoms with Crippen LogP contribution < -0.4 is 10.6 Å². The van der Waals surface area contributed by atoms with Crippen molar-refractivity contribution >= 4 is 33.2 Å². The third-order valence-corrected chi connectivity index (χ3v) is 4.99. The number of urea groups is 1. The van der Waals surface area contributed by atoms with Crippen molar-refractivity contribution in [1.82, 2.24) is 5.32 Å². The van der Waals surface area contributed by atoms with E-state index in [9.17, 15) is 13.2 Å². The molecule has 2 aromatic carbocycles. The van der Waals surface area contributed by atoms with Crippen LogP contribution in [0.1, 0.15) is 18.4 Å². The van der Waals surface area contributed by atoms with E-state index in [2.05, 4.69) is 10.6 Å². The lowest BCUT2D eigenvalue weighted by Crippen LogP contribution is -2.31. The number of benzene rings is 2. The Morgan fingerprint density at radius 1 is 1.17 bits per heavy atom. The van der Waals surface area contributed by atoms with E-state index in [-0.39, 0.29) is 21.5 Å². The van der Waals surface area contributed by atoms with Crippen molar-refractivity contribution in [2.75, 3.05) is 18.1 Å². The third-order valence-electron chi connectivity index (χ3n) is 3.55. The molecule has 0 saturated heterocycles. The van der Waals surface area contributed by atoms with Crippen molar-refractivity contribution in [3.05, 3.63) is 59.1 Å².